The van der Waals surface area contributed by atoms with Crippen molar-refractivity contribution < 1.29 is 18.3 Å². The smallest absolute Gasteiger partial charge is 0.341 e. The number of nitrogens with zero attached hydrogens (tertiary/aromatic N) is 2. The van der Waals surface area contributed by atoms with Crippen molar-refractivity contribution in [2.24, 2.45) is 0 Å². The first-order valence-corrected chi connectivity index (χ1v) is 5.60. The van der Waals surface area contributed by atoms with E-state index in [4.69, 9.17) is 4.74 Å². The Morgan fingerprint density at radius 3 is 2.50 bits per heavy atom. The number of ether oxygens (including phenoxy) is 1. The van der Waals surface area contributed by atoms with Gasteiger partial charge >= 0.3 is 5.97 Å². The molecular formula is C12H16F2N2O2. The second kappa shape index (κ2) is 5.37. The quantitative estimate of drug-likeness (QED) is 0.782. The summed E-state index contributed by atoms with van der Waals surface area (Å²) in [6.45, 7) is 7.14. The number of carbonyl (C=O) groups is 1. The third-order valence-corrected chi connectivity index (χ3v) is 2.19. The Labute approximate surface area is 104 Å². The van der Waals surface area contributed by atoms with Crippen LogP contribution < -0.4 is 0 Å². The van der Waals surface area contributed by atoms with Crippen LogP contribution in [0.25, 0.3) is 0 Å². The monoisotopic (exact) mass is 258 g/mol. The minimum Gasteiger partial charge on any atom is -0.462 e. The van der Waals surface area contributed by atoms with Crippen LogP contribution in [0.2, 0.25) is 0 Å². The van der Waals surface area contributed by atoms with Crippen LogP contribution in [-0.4, -0.2) is 22.5 Å². The summed E-state index contributed by atoms with van der Waals surface area (Å²) in [6, 6.07) is 0. The Hall–Kier alpha value is -1.59. The predicted molar refractivity (Wildman–Crippen MR) is 61.6 cm³/mol. The van der Waals surface area contributed by atoms with Crippen molar-refractivity contribution in [3.63, 3.8) is 0 Å². The molecule has 0 saturated carbocycles. The van der Waals surface area contributed by atoms with Gasteiger partial charge in [0.15, 0.2) is 0 Å². The fourth-order valence-corrected chi connectivity index (χ4v) is 1.29. The van der Waals surface area contributed by atoms with Crippen molar-refractivity contribution in [2.75, 3.05) is 6.61 Å². The lowest BCUT2D eigenvalue weighted by Gasteiger charge is -2.18. The van der Waals surface area contributed by atoms with Crippen LogP contribution in [0.3, 0.4) is 0 Å². The second-order valence-electron chi connectivity index (χ2n) is 4.76. The number of hydrogen-bond donors (Lipinski definition) is 0. The molecule has 0 saturated heterocycles. The molecule has 100 valence electrons. The van der Waals surface area contributed by atoms with Gasteiger partial charge in [-0.05, 0) is 6.92 Å². The van der Waals surface area contributed by atoms with E-state index in [0.29, 0.717) is 0 Å². The summed E-state index contributed by atoms with van der Waals surface area (Å²) in [5.74, 6) is -0.556. The fourth-order valence-electron chi connectivity index (χ4n) is 1.29. The largest absolute Gasteiger partial charge is 0.462 e. The Morgan fingerprint density at radius 1 is 1.44 bits per heavy atom. The molecule has 1 aromatic heterocycles. The summed E-state index contributed by atoms with van der Waals surface area (Å²) in [4.78, 5) is 19.2. The van der Waals surface area contributed by atoms with Gasteiger partial charge in [0.1, 0.15) is 17.1 Å². The molecular weight excluding hydrogens is 242 g/mol. The van der Waals surface area contributed by atoms with E-state index in [2.05, 4.69) is 9.97 Å². The third kappa shape index (κ3) is 3.21. The predicted octanol–water partition coefficient (Wildman–Crippen LogP) is 2.89. The molecule has 0 N–H and O–H groups in total. The minimum atomic E-state index is -2.84. The van der Waals surface area contributed by atoms with Crippen LogP contribution in [0.5, 0.6) is 0 Å². The molecule has 4 nitrogen and oxygen atoms in total. The van der Waals surface area contributed by atoms with Gasteiger partial charge in [-0.2, -0.15) is 0 Å². The standard InChI is InChI=1S/C12H16F2N2O2/c1-5-18-10(17)7-6-15-11(12(2,3)4)16-8(7)9(13)14/h6,9H,5H2,1-4H3. The van der Waals surface area contributed by atoms with E-state index >= 15 is 0 Å². The average Bonchev–Trinajstić information content (AvgIpc) is 2.27. The van der Waals surface area contributed by atoms with E-state index < -0.39 is 23.5 Å². The zero-order valence-corrected chi connectivity index (χ0v) is 10.8. The zero-order chi connectivity index (χ0) is 13.9. The Balaban J connectivity index is 3.25. The maximum absolute atomic E-state index is 12.9. The molecule has 6 heteroatoms. The molecule has 0 aliphatic heterocycles. The Morgan fingerprint density at radius 2 is 2.06 bits per heavy atom. The van der Waals surface area contributed by atoms with Crippen molar-refractivity contribution in [1.82, 2.24) is 9.97 Å². The number of rotatable bonds is 3. The molecule has 0 bridgehead atoms. The normalized spacial score (nSPS) is 11.7. The lowest BCUT2D eigenvalue weighted by molar-refractivity contribution is 0.0512. The number of hydrogen-bond acceptors (Lipinski definition) is 4. The number of aromatic nitrogens is 2. The van der Waals surface area contributed by atoms with Crippen LogP contribution in [-0.2, 0) is 10.2 Å². The first kappa shape index (κ1) is 14.5. The van der Waals surface area contributed by atoms with Crippen LogP contribution in [0.4, 0.5) is 8.78 Å². The molecule has 1 aromatic rings. The van der Waals surface area contributed by atoms with Crippen molar-refractivity contribution in [1.29, 1.82) is 0 Å². The molecule has 0 fully saturated rings. The summed E-state index contributed by atoms with van der Waals surface area (Å²) < 4.78 is 30.5. The molecule has 0 atom stereocenters. The summed E-state index contributed by atoms with van der Waals surface area (Å²) in [6.07, 6.45) is -1.74. The van der Waals surface area contributed by atoms with Gasteiger partial charge in [0.25, 0.3) is 6.43 Å². The summed E-state index contributed by atoms with van der Waals surface area (Å²) in [5, 5.41) is 0. The van der Waals surface area contributed by atoms with Gasteiger partial charge in [-0.3, -0.25) is 0 Å². The average molecular weight is 258 g/mol. The van der Waals surface area contributed by atoms with E-state index in [-0.39, 0.29) is 18.0 Å². The first-order chi connectivity index (χ1) is 8.27. The van der Waals surface area contributed by atoms with Crippen LogP contribution >= 0.6 is 0 Å². The molecule has 1 heterocycles. The molecule has 0 amide bonds. The minimum absolute atomic E-state index is 0.114. The summed E-state index contributed by atoms with van der Waals surface area (Å²) in [7, 11) is 0. The van der Waals surface area contributed by atoms with E-state index in [1.165, 1.54) is 0 Å². The molecule has 0 radical (unpaired) electrons. The van der Waals surface area contributed by atoms with E-state index in [1.807, 2.05) is 20.8 Å². The molecule has 18 heavy (non-hydrogen) atoms. The summed E-state index contributed by atoms with van der Waals surface area (Å²) >= 11 is 0. The number of esters is 1. The van der Waals surface area contributed by atoms with Crippen molar-refractivity contribution in [3.8, 4) is 0 Å². The van der Waals surface area contributed by atoms with Gasteiger partial charge in [0.05, 0.1) is 6.61 Å². The van der Waals surface area contributed by atoms with E-state index in [9.17, 15) is 13.6 Å². The highest BCUT2D eigenvalue weighted by Crippen LogP contribution is 2.25. The molecule has 0 aliphatic carbocycles. The van der Waals surface area contributed by atoms with Crippen LogP contribution in [0.1, 0.15) is 56.0 Å². The fraction of sp³-hybridized carbons (Fsp3) is 0.583. The third-order valence-electron chi connectivity index (χ3n) is 2.19. The van der Waals surface area contributed by atoms with Crippen molar-refractivity contribution in [3.05, 3.63) is 23.3 Å². The van der Waals surface area contributed by atoms with Gasteiger partial charge in [0, 0.05) is 11.6 Å². The number of halogens is 2. The van der Waals surface area contributed by atoms with Crippen molar-refractivity contribution in [2.45, 2.75) is 39.5 Å². The highest BCUT2D eigenvalue weighted by Gasteiger charge is 2.26. The number of carbonyl (C=O) groups excluding carboxylic acids is 1. The van der Waals surface area contributed by atoms with Gasteiger partial charge in [-0.15, -0.1) is 0 Å². The molecule has 0 aromatic carbocycles. The Bertz CT molecular complexity index is 442. The van der Waals surface area contributed by atoms with Gasteiger partial charge in [-0.1, -0.05) is 20.8 Å². The molecule has 0 unspecified atom stereocenters. The van der Waals surface area contributed by atoms with Crippen LogP contribution in [0.15, 0.2) is 6.20 Å². The van der Waals surface area contributed by atoms with E-state index in [1.54, 1.807) is 6.92 Å². The highest BCUT2D eigenvalue weighted by molar-refractivity contribution is 5.90. The number of alkyl halides is 2. The molecule has 0 spiro atoms. The highest BCUT2D eigenvalue weighted by atomic mass is 19.3. The maximum atomic E-state index is 12.9. The van der Waals surface area contributed by atoms with Crippen LogP contribution in [0, 0.1) is 0 Å². The lowest BCUT2D eigenvalue weighted by atomic mass is 9.95. The maximum Gasteiger partial charge on any atom is 0.341 e. The zero-order valence-electron chi connectivity index (χ0n) is 10.8. The molecule has 0 aliphatic rings. The van der Waals surface area contributed by atoms with Crippen molar-refractivity contribution >= 4 is 5.97 Å². The SMILES string of the molecule is CCOC(=O)c1cnc(C(C)(C)C)nc1C(F)F. The van der Waals surface area contributed by atoms with E-state index in [0.717, 1.165) is 6.20 Å². The topological polar surface area (TPSA) is 52.1 Å². The first-order valence-electron chi connectivity index (χ1n) is 5.60. The van der Waals surface area contributed by atoms with Gasteiger partial charge in [-0.25, -0.2) is 23.5 Å². The Kier molecular flexibility index (Phi) is 4.32. The molecule has 1 rings (SSSR count). The second-order valence-corrected chi connectivity index (χ2v) is 4.76. The van der Waals surface area contributed by atoms with Gasteiger partial charge < -0.3 is 4.74 Å². The lowest BCUT2D eigenvalue weighted by Crippen LogP contribution is -2.20. The summed E-state index contributed by atoms with van der Waals surface area (Å²) in [5.41, 5.74) is -1.31. The van der Waals surface area contributed by atoms with Gasteiger partial charge in [0.2, 0.25) is 0 Å².